The molecule has 1 saturated heterocycles. The molecule has 0 saturated carbocycles. The topological polar surface area (TPSA) is 36.4 Å². The summed E-state index contributed by atoms with van der Waals surface area (Å²) in [5.41, 5.74) is 1.98. The van der Waals surface area contributed by atoms with Crippen LogP contribution in [0.4, 0.5) is 5.69 Å². The lowest BCUT2D eigenvalue weighted by molar-refractivity contribution is 0.169. The van der Waals surface area contributed by atoms with E-state index in [-0.39, 0.29) is 0 Å². The van der Waals surface area contributed by atoms with Crippen molar-refractivity contribution in [2.24, 2.45) is 11.8 Å². The Kier molecular flexibility index (Phi) is 5.41. The third-order valence-corrected chi connectivity index (χ3v) is 4.58. The molecule has 1 aromatic heterocycles. The Hall–Kier alpha value is -1.09. The third-order valence-electron chi connectivity index (χ3n) is 4.58. The van der Waals surface area contributed by atoms with Crippen molar-refractivity contribution in [2.75, 3.05) is 18.0 Å². The van der Waals surface area contributed by atoms with Crippen molar-refractivity contribution < 1.29 is 5.11 Å². The molecular weight excluding hydrogens is 248 g/mol. The summed E-state index contributed by atoms with van der Waals surface area (Å²) in [6.07, 6.45) is 6.09. The van der Waals surface area contributed by atoms with Crippen LogP contribution in [-0.4, -0.2) is 23.2 Å². The molecule has 1 aromatic rings. The van der Waals surface area contributed by atoms with Gasteiger partial charge in [0.15, 0.2) is 0 Å². The van der Waals surface area contributed by atoms with Crippen molar-refractivity contribution in [1.29, 1.82) is 0 Å². The minimum atomic E-state index is -0.432. The fourth-order valence-electron chi connectivity index (χ4n) is 3.04. The summed E-state index contributed by atoms with van der Waals surface area (Å²) >= 11 is 0. The highest BCUT2D eigenvalue weighted by Gasteiger charge is 2.20. The van der Waals surface area contributed by atoms with Crippen LogP contribution >= 0.6 is 0 Å². The van der Waals surface area contributed by atoms with E-state index < -0.39 is 6.10 Å². The first kappa shape index (κ1) is 15.3. The number of rotatable bonds is 4. The predicted molar refractivity (Wildman–Crippen MR) is 83.9 cm³/mol. The SMILES string of the molecule is CC[C@H](O)c1ccc(N2CCCC(C(C)C)CC2)cn1. The predicted octanol–water partition coefficient (Wildman–Crippen LogP) is 3.79. The average Bonchev–Trinajstić information content (AvgIpc) is 2.72. The van der Waals surface area contributed by atoms with Gasteiger partial charge in [-0.15, -0.1) is 0 Å². The van der Waals surface area contributed by atoms with Gasteiger partial charge in [-0.05, 0) is 49.7 Å². The van der Waals surface area contributed by atoms with Gasteiger partial charge in [0.2, 0.25) is 0 Å². The van der Waals surface area contributed by atoms with Crippen molar-refractivity contribution in [1.82, 2.24) is 4.98 Å². The van der Waals surface area contributed by atoms with Crippen LogP contribution in [0.15, 0.2) is 18.3 Å². The number of nitrogens with zero attached hydrogens (tertiary/aromatic N) is 2. The first-order valence-corrected chi connectivity index (χ1v) is 8.00. The van der Waals surface area contributed by atoms with E-state index in [9.17, 15) is 5.11 Å². The molecule has 0 spiro atoms. The van der Waals surface area contributed by atoms with Gasteiger partial charge in [0.05, 0.1) is 23.7 Å². The highest BCUT2D eigenvalue weighted by atomic mass is 16.3. The molecule has 20 heavy (non-hydrogen) atoms. The van der Waals surface area contributed by atoms with Crippen molar-refractivity contribution in [2.45, 2.75) is 52.6 Å². The van der Waals surface area contributed by atoms with Gasteiger partial charge in [0.1, 0.15) is 0 Å². The molecule has 3 nitrogen and oxygen atoms in total. The molecule has 2 atom stereocenters. The number of anilines is 1. The van der Waals surface area contributed by atoms with Crippen LogP contribution < -0.4 is 4.90 Å². The first-order chi connectivity index (χ1) is 9.61. The minimum absolute atomic E-state index is 0.432. The molecule has 0 aliphatic carbocycles. The molecule has 2 rings (SSSR count). The molecule has 1 aliphatic rings. The molecule has 1 fully saturated rings. The number of aliphatic hydroxyl groups is 1. The lowest BCUT2D eigenvalue weighted by Gasteiger charge is -2.23. The van der Waals surface area contributed by atoms with E-state index in [1.807, 2.05) is 19.2 Å². The second-order valence-electron chi connectivity index (χ2n) is 6.29. The number of hydrogen-bond donors (Lipinski definition) is 1. The standard InChI is InChI=1S/C17H28N2O/c1-4-17(20)16-8-7-15(12-18-16)19-10-5-6-14(9-11-19)13(2)3/h7-8,12-14,17,20H,4-6,9-11H2,1-3H3/t14?,17-/m0/s1. The molecule has 112 valence electrons. The van der Waals surface area contributed by atoms with Gasteiger partial charge < -0.3 is 10.0 Å². The summed E-state index contributed by atoms with van der Waals surface area (Å²) in [6.45, 7) is 8.90. The Morgan fingerprint density at radius 2 is 2.10 bits per heavy atom. The Balaban J connectivity index is 2.01. The van der Waals surface area contributed by atoms with E-state index in [0.29, 0.717) is 6.42 Å². The molecule has 2 heterocycles. The van der Waals surface area contributed by atoms with E-state index >= 15 is 0 Å². The van der Waals surface area contributed by atoms with Crippen LogP contribution in [0.3, 0.4) is 0 Å². The van der Waals surface area contributed by atoms with Crippen LogP contribution in [0.25, 0.3) is 0 Å². The van der Waals surface area contributed by atoms with E-state index in [2.05, 4.69) is 29.8 Å². The van der Waals surface area contributed by atoms with E-state index in [4.69, 9.17) is 0 Å². The van der Waals surface area contributed by atoms with Gasteiger partial charge in [0.25, 0.3) is 0 Å². The van der Waals surface area contributed by atoms with Gasteiger partial charge in [-0.1, -0.05) is 20.8 Å². The molecular formula is C17H28N2O. The normalized spacial score (nSPS) is 21.9. The third kappa shape index (κ3) is 3.72. The average molecular weight is 276 g/mol. The van der Waals surface area contributed by atoms with Gasteiger partial charge in [-0.3, -0.25) is 4.98 Å². The summed E-state index contributed by atoms with van der Waals surface area (Å²) in [5.74, 6) is 1.64. The number of pyridine rings is 1. The number of aromatic nitrogens is 1. The fraction of sp³-hybridized carbons (Fsp3) is 0.706. The van der Waals surface area contributed by atoms with Crippen LogP contribution in [-0.2, 0) is 0 Å². The van der Waals surface area contributed by atoms with Crippen LogP contribution in [0.5, 0.6) is 0 Å². The minimum Gasteiger partial charge on any atom is -0.387 e. The molecule has 1 aliphatic heterocycles. The molecule has 0 aromatic carbocycles. The fourth-order valence-corrected chi connectivity index (χ4v) is 3.04. The zero-order valence-electron chi connectivity index (χ0n) is 13.0. The molecule has 1 N–H and O–H groups in total. The molecule has 1 unspecified atom stereocenters. The number of aliphatic hydroxyl groups excluding tert-OH is 1. The quantitative estimate of drug-likeness (QED) is 0.909. The molecule has 3 heteroatoms. The Bertz CT molecular complexity index is 402. The summed E-state index contributed by atoms with van der Waals surface area (Å²) in [6, 6.07) is 4.07. The number of hydrogen-bond acceptors (Lipinski definition) is 3. The van der Waals surface area contributed by atoms with Gasteiger partial charge in [-0.25, -0.2) is 0 Å². The summed E-state index contributed by atoms with van der Waals surface area (Å²) < 4.78 is 0. The van der Waals surface area contributed by atoms with Crippen molar-refractivity contribution in [3.05, 3.63) is 24.0 Å². The van der Waals surface area contributed by atoms with Crippen LogP contribution in [0, 0.1) is 11.8 Å². The maximum absolute atomic E-state index is 9.80. The molecule has 0 bridgehead atoms. The maximum atomic E-state index is 9.80. The second kappa shape index (κ2) is 7.07. The van der Waals surface area contributed by atoms with Gasteiger partial charge >= 0.3 is 0 Å². The van der Waals surface area contributed by atoms with Crippen molar-refractivity contribution in [3.63, 3.8) is 0 Å². The van der Waals surface area contributed by atoms with Crippen molar-refractivity contribution >= 4 is 5.69 Å². The van der Waals surface area contributed by atoms with Crippen LogP contribution in [0.1, 0.15) is 58.3 Å². The Morgan fingerprint density at radius 1 is 1.30 bits per heavy atom. The second-order valence-corrected chi connectivity index (χ2v) is 6.29. The zero-order valence-corrected chi connectivity index (χ0v) is 13.0. The van der Waals surface area contributed by atoms with Crippen LogP contribution in [0.2, 0.25) is 0 Å². The molecule has 0 radical (unpaired) electrons. The lowest BCUT2D eigenvalue weighted by Crippen LogP contribution is -2.24. The summed E-state index contributed by atoms with van der Waals surface area (Å²) in [5, 5.41) is 9.80. The van der Waals surface area contributed by atoms with Gasteiger partial charge in [0, 0.05) is 13.1 Å². The van der Waals surface area contributed by atoms with E-state index in [1.165, 1.54) is 24.9 Å². The smallest absolute Gasteiger partial charge is 0.0957 e. The first-order valence-electron chi connectivity index (χ1n) is 8.00. The lowest BCUT2D eigenvalue weighted by atomic mass is 9.89. The Labute approximate surface area is 123 Å². The maximum Gasteiger partial charge on any atom is 0.0957 e. The summed E-state index contributed by atoms with van der Waals surface area (Å²) in [7, 11) is 0. The highest BCUT2D eigenvalue weighted by molar-refractivity contribution is 5.44. The Morgan fingerprint density at radius 3 is 2.70 bits per heavy atom. The monoisotopic (exact) mass is 276 g/mol. The largest absolute Gasteiger partial charge is 0.387 e. The zero-order chi connectivity index (χ0) is 14.5. The summed E-state index contributed by atoms with van der Waals surface area (Å²) in [4.78, 5) is 6.86. The molecule has 0 amide bonds. The van der Waals surface area contributed by atoms with Crippen molar-refractivity contribution in [3.8, 4) is 0 Å². The highest BCUT2D eigenvalue weighted by Crippen LogP contribution is 2.27. The van der Waals surface area contributed by atoms with E-state index in [1.54, 1.807) is 0 Å². The van der Waals surface area contributed by atoms with E-state index in [0.717, 1.165) is 30.6 Å². The van der Waals surface area contributed by atoms with Gasteiger partial charge in [-0.2, -0.15) is 0 Å².